The van der Waals surface area contributed by atoms with Crippen LogP contribution in [-0.2, 0) is 0 Å². The fourth-order valence-corrected chi connectivity index (χ4v) is 7.25. The van der Waals surface area contributed by atoms with Gasteiger partial charge in [0.15, 0.2) is 0 Å². The molecule has 3 aromatic heterocycles. The van der Waals surface area contributed by atoms with Gasteiger partial charge in [-0.05, 0) is 91.0 Å². The summed E-state index contributed by atoms with van der Waals surface area (Å²) in [6.07, 6.45) is 4.13. The van der Waals surface area contributed by atoms with Gasteiger partial charge in [0.05, 0.1) is 5.69 Å². The summed E-state index contributed by atoms with van der Waals surface area (Å²) in [6, 6.07) is 52.1. The van der Waals surface area contributed by atoms with Crippen LogP contribution in [0.15, 0.2) is 162 Å². The van der Waals surface area contributed by atoms with Gasteiger partial charge in [-0.1, -0.05) is 109 Å². The lowest BCUT2D eigenvalue weighted by Gasteiger charge is -2.18. The fourth-order valence-electron chi connectivity index (χ4n) is 7.25. The monoisotopic (exact) mass is 586 g/mol. The molecular weight excluding hydrogens is 560 g/mol. The third kappa shape index (κ3) is 3.75. The number of nitrogens with zero attached hydrogens (tertiary/aromatic N) is 2. The van der Waals surface area contributed by atoms with Gasteiger partial charge in [0.1, 0.15) is 16.8 Å². The molecule has 0 aliphatic rings. The van der Waals surface area contributed by atoms with Crippen molar-refractivity contribution >= 4 is 59.9 Å². The van der Waals surface area contributed by atoms with Gasteiger partial charge in [0.25, 0.3) is 0 Å². The Kier molecular flexibility index (Phi) is 5.28. The van der Waals surface area contributed by atoms with E-state index in [0.29, 0.717) is 0 Å². The highest BCUT2D eigenvalue weighted by molar-refractivity contribution is 6.22. The molecule has 0 bridgehead atoms. The minimum absolute atomic E-state index is 0.907. The Morgan fingerprint density at radius 1 is 0.435 bits per heavy atom. The summed E-state index contributed by atoms with van der Waals surface area (Å²) in [5.41, 5.74) is 9.71. The molecule has 3 heterocycles. The largest absolute Gasteiger partial charge is 0.456 e. The molecule has 3 nitrogen and oxygen atoms in total. The zero-order valence-corrected chi connectivity index (χ0v) is 24.8. The molecule has 0 saturated carbocycles. The van der Waals surface area contributed by atoms with E-state index >= 15 is 0 Å². The fraction of sp³-hybridized carbons (Fsp3) is 0. The molecule has 0 unspecified atom stereocenters. The molecule has 0 aliphatic heterocycles. The van der Waals surface area contributed by atoms with Crippen molar-refractivity contribution in [3.05, 3.63) is 158 Å². The summed E-state index contributed by atoms with van der Waals surface area (Å²) in [5, 5.41) is 9.63. The van der Waals surface area contributed by atoms with Crippen LogP contribution in [0.5, 0.6) is 0 Å². The zero-order chi connectivity index (χ0) is 30.2. The van der Waals surface area contributed by atoms with E-state index in [0.717, 1.165) is 38.8 Å². The Bertz CT molecular complexity index is 2710. The lowest BCUT2D eigenvalue weighted by Crippen LogP contribution is -1.91. The second-order valence-corrected chi connectivity index (χ2v) is 12.0. The Balaban J connectivity index is 1.18. The molecule has 46 heavy (non-hydrogen) atoms. The normalized spacial score (nSPS) is 11.9. The number of hydrogen-bond acceptors (Lipinski definition) is 2. The topological polar surface area (TPSA) is 30.4 Å². The number of furan rings is 1. The third-order valence-corrected chi connectivity index (χ3v) is 9.39. The van der Waals surface area contributed by atoms with Crippen LogP contribution in [0.3, 0.4) is 0 Å². The maximum absolute atomic E-state index is 6.36. The van der Waals surface area contributed by atoms with E-state index in [1.165, 1.54) is 54.6 Å². The summed E-state index contributed by atoms with van der Waals surface area (Å²) < 4.78 is 8.42. The molecule has 0 amide bonds. The van der Waals surface area contributed by atoms with Gasteiger partial charge in [-0.3, -0.25) is 0 Å². The third-order valence-electron chi connectivity index (χ3n) is 9.39. The Morgan fingerprint density at radius 3 is 1.70 bits per heavy atom. The average molecular weight is 587 g/mol. The minimum Gasteiger partial charge on any atom is -0.456 e. The minimum atomic E-state index is 0.907. The smallest absolute Gasteiger partial charge is 0.137 e. The molecule has 0 aliphatic carbocycles. The lowest BCUT2D eigenvalue weighted by molar-refractivity contribution is 0.669. The number of rotatable bonds is 3. The lowest BCUT2D eigenvalue weighted by atomic mass is 9.85. The van der Waals surface area contributed by atoms with Gasteiger partial charge in [-0.25, -0.2) is 4.98 Å². The van der Waals surface area contributed by atoms with Crippen molar-refractivity contribution in [3.8, 4) is 33.5 Å². The van der Waals surface area contributed by atoms with Crippen LogP contribution in [0, 0.1) is 0 Å². The highest BCUT2D eigenvalue weighted by Crippen LogP contribution is 2.45. The van der Waals surface area contributed by atoms with E-state index in [-0.39, 0.29) is 0 Å². The molecular formula is C43H26N2O. The van der Waals surface area contributed by atoms with Crippen molar-refractivity contribution in [2.45, 2.75) is 0 Å². The molecule has 0 N–H and O–H groups in total. The number of hydrogen-bond donors (Lipinski definition) is 0. The first kappa shape index (κ1) is 25.2. The van der Waals surface area contributed by atoms with E-state index in [1.54, 1.807) is 0 Å². The molecule has 0 saturated heterocycles. The Hall–Kier alpha value is -6.19. The average Bonchev–Trinajstić information content (AvgIpc) is 3.71. The van der Waals surface area contributed by atoms with Gasteiger partial charge in [0.2, 0.25) is 0 Å². The summed E-state index contributed by atoms with van der Waals surface area (Å²) in [6.45, 7) is 0. The number of aromatic nitrogens is 2. The Morgan fingerprint density at radius 2 is 1.00 bits per heavy atom. The molecule has 10 aromatic rings. The highest BCUT2D eigenvalue weighted by Gasteiger charge is 2.18. The van der Waals surface area contributed by atoms with Gasteiger partial charge in [0, 0.05) is 28.7 Å². The second kappa shape index (κ2) is 9.65. The number of imidazole rings is 1. The number of benzene rings is 7. The van der Waals surface area contributed by atoms with E-state index in [9.17, 15) is 0 Å². The molecule has 0 radical (unpaired) electrons. The molecule has 3 heteroatoms. The summed E-state index contributed by atoms with van der Waals surface area (Å²) in [4.78, 5) is 4.84. The SMILES string of the molecule is c1ccc2cc3c(cc2c1)oc1ccc(-c2c4ccccc4c(-c4ccc(-c5cn6ccccc6n5)cc4)c4ccccc24)cc13. The number of pyridine rings is 1. The van der Waals surface area contributed by atoms with Crippen LogP contribution in [-0.4, -0.2) is 9.38 Å². The number of fused-ring (bicyclic) bond motifs is 7. The first-order valence-electron chi connectivity index (χ1n) is 15.6. The van der Waals surface area contributed by atoms with Crippen LogP contribution < -0.4 is 0 Å². The molecule has 7 aromatic carbocycles. The van der Waals surface area contributed by atoms with E-state index in [1.807, 2.05) is 24.4 Å². The Labute approximate surface area is 264 Å². The van der Waals surface area contributed by atoms with Gasteiger partial charge < -0.3 is 8.82 Å². The van der Waals surface area contributed by atoms with Crippen molar-refractivity contribution in [1.29, 1.82) is 0 Å². The second-order valence-electron chi connectivity index (χ2n) is 12.0. The molecule has 0 fully saturated rings. The van der Waals surface area contributed by atoms with Crippen LogP contribution in [0.2, 0.25) is 0 Å². The van der Waals surface area contributed by atoms with Gasteiger partial charge in [-0.15, -0.1) is 0 Å². The quantitative estimate of drug-likeness (QED) is 0.193. The predicted molar refractivity (Wildman–Crippen MR) is 191 cm³/mol. The first-order valence-corrected chi connectivity index (χ1v) is 15.6. The van der Waals surface area contributed by atoms with Crippen LogP contribution in [0.1, 0.15) is 0 Å². The summed E-state index contributed by atoms with van der Waals surface area (Å²) in [7, 11) is 0. The van der Waals surface area contributed by atoms with Crippen molar-refractivity contribution in [3.63, 3.8) is 0 Å². The standard InChI is InChI=1S/C43H26N2O/c1-2-10-30-25-40-37(23-29(30)9-1)36-24-31(20-21-39(36)46-40)43-34-13-5-3-11-32(34)42(33-12-4-6-14-35(33)43)28-18-16-27(17-19-28)38-26-45-22-8-7-15-41(45)44-38/h1-26H. The zero-order valence-electron chi connectivity index (χ0n) is 24.8. The van der Waals surface area contributed by atoms with Crippen molar-refractivity contribution < 1.29 is 4.42 Å². The first-order chi connectivity index (χ1) is 22.8. The van der Waals surface area contributed by atoms with E-state index < -0.39 is 0 Å². The summed E-state index contributed by atoms with van der Waals surface area (Å²) in [5.74, 6) is 0. The van der Waals surface area contributed by atoms with Crippen molar-refractivity contribution in [1.82, 2.24) is 9.38 Å². The van der Waals surface area contributed by atoms with Crippen LogP contribution in [0.25, 0.3) is 93.4 Å². The van der Waals surface area contributed by atoms with E-state index in [4.69, 9.17) is 9.40 Å². The molecule has 0 atom stereocenters. The maximum atomic E-state index is 6.36. The molecule has 0 spiro atoms. The van der Waals surface area contributed by atoms with Crippen LogP contribution >= 0.6 is 0 Å². The predicted octanol–water partition coefficient (Wildman–Crippen LogP) is 11.7. The van der Waals surface area contributed by atoms with Gasteiger partial charge in [-0.2, -0.15) is 0 Å². The van der Waals surface area contributed by atoms with Crippen molar-refractivity contribution in [2.75, 3.05) is 0 Å². The van der Waals surface area contributed by atoms with Crippen molar-refractivity contribution in [2.24, 2.45) is 0 Å². The highest BCUT2D eigenvalue weighted by atomic mass is 16.3. The maximum Gasteiger partial charge on any atom is 0.137 e. The molecule has 10 rings (SSSR count). The van der Waals surface area contributed by atoms with Gasteiger partial charge >= 0.3 is 0 Å². The summed E-state index contributed by atoms with van der Waals surface area (Å²) >= 11 is 0. The van der Waals surface area contributed by atoms with E-state index in [2.05, 4.69) is 138 Å². The van der Waals surface area contributed by atoms with Crippen LogP contribution in [0.4, 0.5) is 0 Å². The molecule has 214 valence electrons.